The highest BCUT2D eigenvalue weighted by Gasteiger charge is 2.53. The van der Waals surface area contributed by atoms with Crippen molar-refractivity contribution < 1.29 is 22.7 Å². The second-order valence-electron chi connectivity index (χ2n) is 6.78. The Morgan fingerprint density at radius 1 is 1.40 bits per heavy atom. The number of ether oxygens (including phenoxy) is 1. The normalized spacial score (nSPS) is 25.9. The SMILES string of the molecule is CC1(C)OCC(N)=NC1c1cc(NC=O)ccc1F.CC1CC1(F)F. The summed E-state index contributed by atoms with van der Waals surface area (Å²) in [4.78, 5) is 14.7. The van der Waals surface area contributed by atoms with Crippen molar-refractivity contribution in [3.63, 3.8) is 0 Å². The smallest absolute Gasteiger partial charge is 0.251 e. The van der Waals surface area contributed by atoms with E-state index in [1.54, 1.807) is 13.0 Å². The van der Waals surface area contributed by atoms with Crippen LogP contribution >= 0.6 is 0 Å². The molecule has 25 heavy (non-hydrogen) atoms. The minimum Gasteiger partial charge on any atom is -0.386 e. The zero-order valence-electron chi connectivity index (χ0n) is 14.4. The van der Waals surface area contributed by atoms with Gasteiger partial charge in [-0.05, 0) is 32.0 Å². The van der Waals surface area contributed by atoms with Gasteiger partial charge >= 0.3 is 0 Å². The number of nitrogens with zero attached hydrogens (tertiary/aromatic N) is 1. The fraction of sp³-hybridized carbons (Fsp3) is 0.529. The predicted octanol–water partition coefficient (Wildman–Crippen LogP) is 3.26. The van der Waals surface area contributed by atoms with E-state index >= 15 is 0 Å². The summed E-state index contributed by atoms with van der Waals surface area (Å²) in [7, 11) is 0. The number of hydrogen-bond donors (Lipinski definition) is 2. The molecule has 2 atom stereocenters. The van der Waals surface area contributed by atoms with Gasteiger partial charge in [0, 0.05) is 23.6 Å². The Bertz CT molecular complexity index is 677. The molecule has 1 aliphatic heterocycles. The number of halogens is 3. The molecule has 1 aromatic carbocycles. The lowest BCUT2D eigenvalue weighted by atomic mass is 9.90. The standard InChI is InChI=1S/C13H16FN3O2.C4H6F2/c1-13(2)12(17-11(15)6-19-13)9-5-8(16-7-18)3-4-10(9)14;1-3-2-4(3,5)6/h3-5,7,12H,6H2,1-2H3,(H2,15,17)(H,16,18);3H,2H2,1H3. The van der Waals surface area contributed by atoms with Gasteiger partial charge in [0.2, 0.25) is 6.41 Å². The monoisotopic (exact) mass is 357 g/mol. The Hall–Kier alpha value is -2.09. The number of carbonyl (C=O) groups excluding carboxylic acids is 1. The van der Waals surface area contributed by atoms with E-state index in [1.807, 2.05) is 13.8 Å². The van der Waals surface area contributed by atoms with E-state index in [4.69, 9.17) is 10.5 Å². The number of rotatable bonds is 3. The van der Waals surface area contributed by atoms with E-state index < -0.39 is 23.4 Å². The molecule has 1 aliphatic carbocycles. The summed E-state index contributed by atoms with van der Waals surface area (Å²) in [5, 5.41) is 2.49. The molecule has 1 fully saturated rings. The predicted molar refractivity (Wildman–Crippen MR) is 89.2 cm³/mol. The second-order valence-corrected chi connectivity index (χ2v) is 6.78. The molecule has 2 unspecified atom stereocenters. The highest BCUT2D eigenvalue weighted by Crippen LogP contribution is 2.47. The van der Waals surface area contributed by atoms with E-state index in [-0.39, 0.29) is 18.9 Å². The minimum atomic E-state index is -2.29. The number of anilines is 1. The largest absolute Gasteiger partial charge is 0.386 e. The Morgan fingerprint density at radius 3 is 2.52 bits per heavy atom. The zero-order chi connectivity index (χ0) is 18.8. The molecule has 1 amide bonds. The molecule has 5 nitrogen and oxygen atoms in total. The van der Waals surface area contributed by atoms with Crippen molar-refractivity contribution in [3.8, 4) is 0 Å². The van der Waals surface area contributed by atoms with Gasteiger partial charge in [-0.3, -0.25) is 9.79 Å². The maximum atomic E-state index is 14.0. The van der Waals surface area contributed by atoms with Gasteiger partial charge in [-0.25, -0.2) is 13.2 Å². The van der Waals surface area contributed by atoms with E-state index in [2.05, 4.69) is 10.3 Å². The third-order valence-corrected chi connectivity index (χ3v) is 4.20. The molecule has 1 saturated carbocycles. The molecule has 3 rings (SSSR count). The minimum absolute atomic E-state index is 0.104. The number of carbonyl (C=O) groups is 1. The summed E-state index contributed by atoms with van der Waals surface area (Å²) in [5.74, 6) is -2.70. The van der Waals surface area contributed by atoms with Gasteiger partial charge in [0.25, 0.3) is 5.92 Å². The first-order valence-corrected chi connectivity index (χ1v) is 7.90. The number of amidine groups is 1. The molecule has 0 spiro atoms. The van der Waals surface area contributed by atoms with E-state index in [0.717, 1.165) is 0 Å². The maximum Gasteiger partial charge on any atom is 0.251 e. The third-order valence-electron chi connectivity index (χ3n) is 4.20. The molecule has 2 aliphatic rings. The van der Waals surface area contributed by atoms with Crippen molar-refractivity contribution in [2.45, 2.75) is 44.8 Å². The molecule has 0 radical (unpaired) electrons. The highest BCUT2D eigenvalue weighted by molar-refractivity contribution is 5.82. The molecule has 0 saturated heterocycles. The molecule has 3 N–H and O–H groups in total. The number of hydrogen-bond acceptors (Lipinski definition) is 4. The van der Waals surface area contributed by atoms with Gasteiger partial charge in [0.05, 0.1) is 5.60 Å². The van der Waals surface area contributed by atoms with E-state index in [1.165, 1.54) is 12.1 Å². The summed E-state index contributed by atoms with van der Waals surface area (Å²) < 4.78 is 42.6. The molecule has 8 heteroatoms. The van der Waals surface area contributed by atoms with Crippen LogP contribution in [-0.4, -0.2) is 30.4 Å². The lowest BCUT2D eigenvalue weighted by molar-refractivity contribution is -0.105. The van der Waals surface area contributed by atoms with Crippen LogP contribution in [0.2, 0.25) is 0 Å². The van der Waals surface area contributed by atoms with Crippen LogP contribution in [0.1, 0.15) is 38.8 Å². The average molecular weight is 357 g/mol. The Labute approximate surface area is 144 Å². The van der Waals surface area contributed by atoms with Crippen molar-refractivity contribution in [1.82, 2.24) is 0 Å². The van der Waals surface area contributed by atoms with Gasteiger partial charge in [-0.15, -0.1) is 0 Å². The molecule has 1 aromatic rings. The van der Waals surface area contributed by atoms with Crippen molar-refractivity contribution in [2.75, 3.05) is 11.9 Å². The van der Waals surface area contributed by atoms with Crippen LogP contribution in [0.5, 0.6) is 0 Å². The van der Waals surface area contributed by atoms with Crippen LogP contribution in [0.25, 0.3) is 0 Å². The molecule has 0 bridgehead atoms. The molecule has 138 valence electrons. The topological polar surface area (TPSA) is 76.7 Å². The second kappa shape index (κ2) is 7.03. The van der Waals surface area contributed by atoms with Crippen LogP contribution in [0.15, 0.2) is 23.2 Å². The van der Waals surface area contributed by atoms with Crippen LogP contribution in [0.4, 0.5) is 18.9 Å². The van der Waals surface area contributed by atoms with Crippen LogP contribution in [0, 0.1) is 11.7 Å². The Balaban J connectivity index is 0.000000316. The molecule has 0 aromatic heterocycles. The number of nitrogens with two attached hydrogens (primary N) is 1. The number of alkyl halides is 2. The summed E-state index contributed by atoms with van der Waals surface area (Å²) in [6.45, 7) is 5.44. The van der Waals surface area contributed by atoms with Crippen molar-refractivity contribution in [3.05, 3.63) is 29.6 Å². The molecule has 1 heterocycles. The van der Waals surface area contributed by atoms with Gasteiger partial charge in [0.1, 0.15) is 24.3 Å². The Kier molecular flexibility index (Phi) is 5.41. The quantitative estimate of drug-likeness (QED) is 0.815. The number of amides is 1. The molecular weight excluding hydrogens is 335 g/mol. The van der Waals surface area contributed by atoms with Crippen LogP contribution < -0.4 is 11.1 Å². The lowest BCUT2D eigenvalue weighted by Gasteiger charge is -2.36. The summed E-state index contributed by atoms with van der Waals surface area (Å²) in [6, 6.07) is 3.77. The van der Waals surface area contributed by atoms with Crippen molar-refractivity contribution in [2.24, 2.45) is 16.6 Å². The van der Waals surface area contributed by atoms with Gasteiger partial charge in [0.15, 0.2) is 0 Å². The van der Waals surface area contributed by atoms with Crippen molar-refractivity contribution >= 4 is 17.9 Å². The van der Waals surface area contributed by atoms with E-state index in [9.17, 15) is 18.0 Å². The van der Waals surface area contributed by atoms with Gasteiger partial charge in [-0.1, -0.05) is 6.92 Å². The van der Waals surface area contributed by atoms with Crippen molar-refractivity contribution in [1.29, 1.82) is 0 Å². The first-order valence-electron chi connectivity index (χ1n) is 7.90. The Morgan fingerprint density at radius 2 is 2.00 bits per heavy atom. The highest BCUT2D eigenvalue weighted by atomic mass is 19.3. The van der Waals surface area contributed by atoms with E-state index in [0.29, 0.717) is 23.5 Å². The van der Waals surface area contributed by atoms with Crippen LogP contribution in [0.3, 0.4) is 0 Å². The first kappa shape index (κ1) is 19.2. The van der Waals surface area contributed by atoms with Gasteiger partial charge in [-0.2, -0.15) is 0 Å². The molecular formula is C17H22F3N3O2. The third kappa shape index (κ3) is 4.72. The lowest BCUT2D eigenvalue weighted by Crippen LogP contribution is -2.41. The maximum absolute atomic E-state index is 14.0. The fourth-order valence-corrected chi connectivity index (χ4v) is 2.40. The summed E-state index contributed by atoms with van der Waals surface area (Å²) in [6.07, 6.45) is 0.643. The zero-order valence-corrected chi connectivity index (χ0v) is 14.4. The number of benzene rings is 1. The fourth-order valence-electron chi connectivity index (χ4n) is 2.40. The average Bonchev–Trinajstić information content (AvgIpc) is 3.08. The first-order chi connectivity index (χ1) is 11.6. The van der Waals surface area contributed by atoms with Crippen LogP contribution in [-0.2, 0) is 9.53 Å². The number of aliphatic imine (C=N–C) groups is 1. The number of nitrogens with one attached hydrogen (secondary N) is 1. The summed E-state index contributed by atoms with van der Waals surface area (Å²) in [5.41, 5.74) is 5.85. The summed E-state index contributed by atoms with van der Waals surface area (Å²) >= 11 is 0. The van der Waals surface area contributed by atoms with Gasteiger partial charge < -0.3 is 15.8 Å².